The Labute approximate surface area is 157 Å². The van der Waals surface area contributed by atoms with Crippen molar-refractivity contribution in [1.29, 1.82) is 0 Å². The fourth-order valence-electron chi connectivity index (χ4n) is 3.61. The number of halogens is 3. The molecular formula is C20H23F3N4. The zero-order valence-electron chi connectivity index (χ0n) is 15.3. The number of hydrogen-bond acceptors (Lipinski definition) is 4. The minimum Gasteiger partial charge on any atom is -0.355 e. The molecule has 0 N–H and O–H groups in total. The van der Waals surface area contributed by atoms with Crippen LogP contribution >= 0.6 is 0 Å². The predicted octanol–water partition coefficient (Wildman–Crippen LogP) is 4.08. The average Bonchev–Trinajstić information content (AvgIpc) is 3.41. The minimum absolute atomic E-state index is 0.349. The number of nitrogens with zero attached hydrogens (tertiary/aromatic N) is 4. The molecule has 1 saturated carbocycles. The second kappa shape index (κ2) is 7.11. The SMILES string of the molecule is CN(c1ccnc(C2CC2)n1)C1CCN(Cc2ccc(C(F)(F)F)cc2)C1. The van der Waals surface area contributed by atoms with E-state index in [0.717, 1.165) is 48.8 Å². The molecule has 4 rings (SSSR count). The lowest BCUT2D eigenvalue weighted by atomic mass is 10.1. The van der Waals surface area contributed by atoms with Crippen LogP contribution < -0.4 is 4.90 Å². The first-order chi connectivity index (χ1) is 12.9. The van der Waals surface area contributed by atoms with Gasteiger partial charge in [0.25, 0.3) is 0 Å². The van der Waals surface area contributed by atoms with E-state index in [1.807, 2.05) is 12.3 Å². The van der Waals surface area contributed by atoms with E-state index >= 15 is 0 Å². The number of hydrogen-bond donors (Lipinski definition) is 0. The van der Waals surface area contributed by atoms with Crippen LogP contribution in [0.3, 0.4) is 0 Å². The molecule has 1 aliphatic carbocycles. The van der Waals surface area contributed by atoms with E-state index < -0.39 is 11.7 Å². The van der Waals surface area contributed by atoms with Crippen molar-refractivity contribution < 1.29 is 13.2 Å². The Balaban J connectivity index is 1.36. The van der Waals surface area contributed by atoms with Gasteiger partial charge in [-0.2, -0.15) is 13.2 Å². The quantitative estimate of drug-likeness (QED) is 0.787. The maximum Gasteiger partial charge on any atom is 0.416 e. The number of benzene rings is 1. The molecule has 0 radical (unpaired) electrons. The van der Waals surface area contributed by atoms with Gasteiger partial charge in [0.15, 0.2) is 0 Å². The number of rotatable bonds is 5. The van der Waals surface area contributed by atoms with Gasteiger partial charge in [-0.05, 0) is 43.0 Å². The summed E-state index contributed by atoms with van der Waals surface area (Å²) in [5, 5.41) is 0. The van der Waals surface area contributed by atoms with Crippen molar-refractivity contribution in [3.8, 4) is 0 Å². The van der Waals surface area contributed by atoms with Crippen LogP contribution in [0.25, 0.3) is 0 Å². The summed E-state index contributed by atoms with van der Waals surface area (Å²) in [5.41, 5.74) is 0.310. The van der Waals surface area contributed by atoms with E-state index in [2.05, 4.69) is 21.8 Å². The molecule has 27 heavy (non-hydrogen) atoms. The fourth-order valence-corrected chi connectivity index (χ4v) is 3.61. The van der Waals surface area contributed by atoms with Crippen molar-refractivity contribution in [1.82, 2.24) is 14.9 Å². The van der Waals surface area contributed by atoms with Crippen LogP contribution in [-0.2, 0) is 12.7 Å². The molecule has 2 heterocycles. The average molecular weight is 376 g/mol. The summed E-state index contributed by atoms with van der Waals surface area (Å²) >= 11 is 0. The third-order valence-electron chi connectivity index (χ3n) is 5.45. The maximum atomic E-state index is 12.7. The summed E-state index contributed by atoms with van der Waals surface area (Å²) in [6, 6.07) is 7.77. The summed E-state index contributed by atoms with van der Waals surface area (Å²) in [6.07, 6.45) is 0.924. The zero-order chi connectivity index (χ0) is 19.0. The van der Waals surface area contributed by atoms with Gasteiger partial charge in [-0.25, -0.2) is 9.97 Å². The highest BCUT2D eigenvalue weighted by Gasteiger charge is 2.31. The molecule has 7 heteroatoms. The van der Waals surface area contributed by atoms with Gasteiger partial charge in [0.2, 0.25) is 0 Å². The molecular weight excluding hydrogens is 353 g/mol. The summed E-state index contributed by atoms with van der Waals surface area (Å²) in [5.74, 6) is 2.42. The van der Waals surface area contributed by atoms with E-state index in [4.69, 9.17) is 4.98 Å². The second-order valence-electron chi connectivity index (χ2n) is 7.53. The molecule has 144 valence electrons. The Bertz CT molecular complexity index is 787. The van der Waals surface area contributed by atoms with Crippen molar-refractivity contribution in [3.63, 3.8) is 0 Å². The smallest absolute Gasteiger partial charge is 0.355 e. The second-order valence-corrected chi connectivity index (χ2v) is 7.53. The fraction of sp³-hybridized carbons (Fsp3) is 0.500. The van der Waals surface area contributed by atoms with Crippen LogP contribution in [0.15, 0.2) is 36.5 Å². The van der Waals surface area contributed by atoms with E-state index in [9.17, 15) is 13.2 Å². The summed E-state index contributed by atoms with van der Waals surface area (Å²) < 4.78 is 38.0. The van der Waals surface area contributed by atoms with Crippen molar-refractivity contribution in [3.05, 3.63) is 53.5 Å². The summed E-state index contributed by atoms with van der Waals surface area (Å²) in [4.78, 5) is 13.6. The normalized spacial score (nSPS) is 20.8. The Kier molecular flexibility index (Phi) is 4.80. The summed E-state index contributed by atoms with van der Waals surface area (Å²) in [6.45, 7) is 2.47. The number of likely N-dealkylation sites (N-methyl/N-ethyl adjacent to an activating group) is 1. The molecule has 1 aromatic carbocycles. The van der Waals surface area contributed by atoms with Gasteiger partial charge in [0.1, 0.15) is 11.6 Å². The number of likely N-dealkylation sites (tertiary alicyclic amines) is 1. The van der Waals surface area contributed by atoms with Gasteiger partial charge < -0.3 is 4.90 Å². The van der Waals surface area contributed by atoms with Gasteiger partial charge in [0.05, 0.1) is 5.56 Å². The monoisotopic (exact) mass is 376 g/mol. The first kappa shape index (κ1) is 18.2. The highest BCUT2D eigenvalue weighted by Crippen LogP contribution is 2.38. The molecule has 0 spiro atoms. The predicted molar refractivity (Wildman–Crippen MR) is 97.5 cm³/mol. The van der Waals surface area contributed by atoms with Crippen molar-refractivity contribution in [2.24, 2.45) is 0 Å². The molecule has 1 aromatic heterocycles. The molecule has 0 amide bonds. The van der Waals surface area contributed by atoms with Gasteiger partial charge in [-0.3, -0.25) is 4.90 Å². The lowest BCUT2D eigenvalue weighted by Crippen LogP contribution is -2.35. The van der Waals surface area contributed by atoms with Crippen molar-refractivity contribution in [2.75, 3.05) is 25.0 Å². The van der Waals surface area contributed by atoms with Crippen molar-refractivity contribution >= 4 is 5.82 Å². The molecule has 1 unspecified atom stereocenters. The largest absolute Gasteiger partial charge is 0.416 e. The van der Waals surface area contributed by atoms with E-state index in [0.29, 0.717) is 18.5 Å². The van der Waals surface area contributed by atoms with E-state index in [1.165, 1.54) is 12.8 Å². The van der Waals surface area contributed by atoms with Gasteiger partial charge >= 0.3 is 6.18 Å². The van der Waals surface area contributed by atoms with Gasteiger partial charge in [0, 0.05) is 44.8 Å². The Morgan fingerprint density at radius 2 is 1.85 bits per heavy atom. The van der Waals surface area contributed by atoms with E-state index in [-0.39, 0.29) is 0 Å². The maximum absolute atomic E-state index is 12.7. The molecule has 2 aromatic rings. The van der Waals surface area contributed by atoms with Crippen LogP contribution in [-0.4, -0.2) is 41.0 Å². The topological polar surface area (TPSA) is 32.3 Å². The standard InChI is InChI=1S/C20H23F3N4/c1-26(18-8-10-24-19(25-18)15-4-5-15)17-9-11-27(13-17)12-14-2-6-16(7-3-14)20(21,22)23/h2-3,6-8,10,15,17H,4-5,9,11-13H2,1H3. The number of aromatic nitrogens is 2. The Hall–Kier alpha value is -2.15. The van der Waals surface area contributed by atoms with Crippen molar-refractivity contribution in [2.45, 2.75) is 43.9 Å². The summed E-state index contributed by atoms with van der Waals surface area (Å²) in [7, 11) is 2.06. The van der Waals surface area contributed by atoms with Gasteiger partial charge in [-0.1, -0.05) is 12.1 Å². The zero-order valence-corrected chi connectivity index (χ0v) is 15.3. The van der Waals surface area contributed by atoms with E-state index in [1.54, 1.807) is 12.1 Å². The number of alkyl halides is 3. The Morgan fingerprint density at radius 3 is 2.52 bits per heavy atom. The molecule has 2 aliphatic rings. The molecule has 2 fully saturated rings. The first-order valence-corrected chi connectivity index (χ1v) is 9.34. The first-order valence-electron chi connectivity index (χ1n) is 9.34. The molecule has 0 bridgehead atoms. The Morgan fingerprint density at radius 1 is 1.11 bits per heavy atom. The highest BCUT2D eigenvalue weighted by molar-refractivity contribution is 5.39. The third-order valence-corrected chi connectivity index (χ3v) is 5.45. The molecule has 1 aliphatic heterocycles. The highest BCUT2D eigenvalue weighted by atomic mass is 19.4. The lowest BCUT2D eigenvalue weighted by molar-refractivity contribution is -0.137. The minimum atomic E-state index is -4.28. The lowest BCUT2D eigenvalue weighted by Gasteiger charge is -2.26. The van der Waals surface area contributed by atoms with Crippen LogP contribution in [0.2, 0.25) is 0 Å². The van der Waals surface area contributed by atoms with Gasteiger partial charge in [-0.15, -0.1) is 0 Å². The van der Waals surface area contributed by atoms with Crippen LogP contribution in [0, 0.1) is 0 Å². The van der Waals surface area contributed by atoms with Crippen LogP contribution in [0.5, 0.6) is 0 Å². The van der Waals surface area contributed by atoms with Crippen LogP contribution in [0.1, 0.15) is 42.1 Å². The molecule has 4 nitrogen and oxygen atoms in total. The molecule has 1 atom stereocenters. The number of anilines is 1. The molecule has 1 saturated heterocycles. The van der Waals surface area contributed by atoms with Crippen LogP contribution in [0.4, 0.5) is 19.0 Å². The third kappa shape index (κ3) is 4.24.